The van der Waals surface area contributed by atoms with Gasteiger partial charge in [0.15, 0.2) is 23.0 Å². The number of carbonyl (C=O) groups excluding carboxylic acids is 1. The molecule has 1 aliphatic rings. The van der Waals surface area contributed by atoms with E-state index in [-0.39, 0.29) is 5.91 Å². The monoisotopic (exact) mass is 398 g/mol. The number of thiazole rings is 1. The van der Waals surface area contributed by atoms with Crippen LogP contribution in [-0.2, 0) is 6.61 Å². The van der Waals surface area contributed by atoms with Gasteiger partial charge in [0.2, 0.25) is 0 Å². The molecule has 1 amide bonds. The lowest BCUT2D eigenvalue weighted by molar-refractivity contribution is 0.102. The molecule has 0 fully saturated rings. The van der Waals surface area contributed by atoms with Crippen molar-refractivity contribution in [3.8, 4) is 23.0 Å². The average molecular weight is 398 g/mol. The highest BCUT2D eigenvalue weighted by Gasteiger charge is 2.15. The molecule has 1 aliphatic heterocycles. The van der Waals surface area contributed by atoms with Gasteiger partial charge in [-0.1, -0.05) is 0 Å². The summed E-state index contributed by atoms with van der Waals surface area (Å²) in [6.45, 7) is 1.35. The number of ether oxygens (including phenoxy) is 4. The molecule has 0 radical (unpaired) electrons. The Morgan fingerprint density at radius 1 is 1.14 bits per heavy atom. The van der Waals surface area contributed by atoms with Crippen LogP contribution in [0.5, 0.6) is 23.0 Å². The van der Waals surface area contributed by atoms with E-state index in [1.54, 1.807) is 41.9 Å². The van der Waals surface area contributed by atoms with E-state index in [4.69, 9.17) is 18.9 Å². The molecule has 0 bridgehead atoms. The predicted octanol–water partition coefficient (Wildman–Crippen LogP) is 3.75. The Morgan fingerprint density at radius 3 is 2.79 bits per heavy atom. The summed E-state index contributed by atoms with van der Waals surface area (Å²) in [6.07, 6.45) is 0. The van der Waals surface area contributed by atoms with E-state index in [0.717, 1.165) is 5.69 Å². The van der Waals surface area contributed by atoms with E-state index >= 15 is 0 Å². The van der Waals surface area contributed by atoms with Crippen LogP contribution < -0.4 is 24.3 Å². The van der Waals surface area contributed by atoms with Crippen LogP contribution in [0, 0.1) is 0 Å². The Bertz CT molecular complexity index is 975. The quantitative estimate of drug-likeness (QED) is 0.681. The number of benzene rings is 2. The molecule has 3 aromatic rings. The van der Waals surface area contributed by atoms with Crippen LogP contribution in [-0.4, -0.2) is 31.2 Å². The molecule has 0 aliphatic carbocycles. The maximum atomic E-state index is 12.6. The summed E-state index contributed by atoms with van der Waals surface area (Å²) in [4.78, 5) is 16.8. The molecule has 8 heteroatoms. The minimum Gasteiger partial charge on any atom is -0.493 e. The normalized spacial score (nSPS) is 12.3. The summed E-state index contributed by atoms with van der Waals surface area (Å²) >= 11 is 1.51. The number of aromatic nitrogens is 1. The number of methoxy groups -OCH3 is 1. The molecule has 0 saturated heterocycles. The lowest BCUT2D eigenvalue weighted by Crippen LogP contribution is -2.16. The van der Waals surface area contributed by atoms with E-state index in [1.807, 2.05) is 5.38 Å². The molecule has 2 heterocycles. The number of hydrogen-bond donors (Lipinski definition) is 1. The highest BCUT2D eigenvalue weighted by molar-refractivity contribution is 7.07. The molecule has 28 heavy (non-hydrogen) atoms. The van der Waals surface area contributed by atoms with Crippen LogP contribution in [0.25, 0.3) is 0 Å². The third kappa shape index (κ3) is 4.01. The van der Waals surface area contributed by atoms with Gasteiger partial charge >= 0.3 is 0 Å². The van der Waals surface area contributed by atoms with Crippen molar-refractivity contribution >= 4 is 22.9 Å². The summed E-state index contributed by atoms with van der Waals surface area (Å²) < 4.78 is 22.1. The van der Waals surface area contributed by atoms with E-state index in [1.165, 1.54) is 18.4 Å². The van der Waals surface area contributed by atoms with Gasteiger partial charge in [-0.3, -0.25) is 4.79 Å². The molecular formula is C20H18N2O5S. The van der Waals surface area contributed by atoms with Crippen LogP contribution >= 0.6 is 11.3 Å². The number of nitrogens with zero attached hydrogens (tertiary/aromatic N) is 1. The summed E-state index contributed by atoms with van der Waals surface area (Å²) in [7, 11) is 1.54. The Morgan fingerprint density at radius 2 is 2.00 bits per heavy atom. The molecule has 7 nitrogen and oxygen atoms in total. The van der Waals surface area contributed by atoms with Crippen molar-refractivity contribution in [3.05, 3.63) is 58.5 Å². The van der Waals surface area contributed by atoms with Crippen LogP contribution in [0.15, 0.2) is 47.3 Å². The summed E-state index contributed by atoms with van der Waals surface area (Å²) in [5.74, 6) is 2.05. The highest BCUT2D eigenvalue weighted by atomic mass is 32.1. The zero-order valence-electron chi connectivity index (χ0n) is 15.1. The number of amides is 1. The molecule has 144 valence electrons. The van der Waals surface area contributed by atoms with Crippen molar-refractivity contribution in [2.75, 3.05) is 25.6 Å². The van der Waals surface area contributed by atoms with Crippen LogP contribution in [0.2, 0.25) is 0 Å². The van der Waals surface area contributed by atoms with E-state index in [2.05, 4.69) is 10.3 Å². The maximum Gasteiger partial charge on any atom is 0.255 e. The second kappa shape index (κ2) is 8.18. The third-order valence-electron chi connectivity index (χ3n) is 4.08. The van der Waals surface area contributed by atoms with Crippen LogP contribution in [0.3, 0.4) is 0 Å². The Hall–Kier alpha value is -3.26. The lowest BCUT2D eigenvalue weighted by Gasteiger charge is -2.19. The summed E-state index contributed by atoms with van der Waals surface area (Å²) in [5, 5.41) is 4.77. The molecule has 0 saturated carbocycles. The molecular weight excluding hydrogens is 380 g/mol. The fourth-order valence-electron chi connectivity index (χ4n) is 2.71. The van der Waals surface area contributed by atoms with Crippen molar-refractivity contribution in [1.82, 2.24) is 4.98 Å². The van der Waals surface area contributed by atoms with Gasteiger partial charge in [-0.05, 0) is 30.3 Å². The Kier molecular flexibility index (Phi) is 5.29. The fourth-order valence-corrected chi connectivity index (χ4v) is 3.26. The second-order valence-electron chi connectivity index (χ2n) is 5.95. The largest absolute Gasteiger partial charge is 0.493 e. The lowest BCUT2D eigenvalue weighted by atomic mass is 10.1. The minimum atomic E-state index is -0.263. The van der Waals surface area contributed by atoms with Crippen molar-refractivity contribution in [3.63, 3.8) is 0 Å². The Labute approximate surface area is 165 Å². The van der Waals surface area contributed by atoms with Gasteiger partial charge in [0.1, 0.15) is 19.8 Å². The van der Waals surface area contributed by atoms with E-state index in [0.29, 0.717) is 54.1 Å². The number of hydrogen-bond acceptors (Lipinski definition) is 7. The first kappa shape index (κ1) is 18.1. The number of nitrogens with one attached hydrogen (secondary N) is 1. The first-order valence-electron chi connectivity index (χ1n) is 8.62. The Balaban J connectivity index is 1.46. The molecule has 2 aromatic carbocycles. The predicted molar refractivity (Wildman–Crippen MR) is 105 cm³/mol. The number of rotatable bonds is 6. The van der Waals surface area contributed by atoms with E-state index < -0.39 is 0 Å². The molecule has 0 atom stereocenters. The SMILES string of the molecule is COc1cc(C(=O)Nc2ccc3c(c2)OCCO3)ccc1OCc1cscn1. The van der Waals surface area contributed by atoms with Crippen LogP contribution in [0.1, 0.15) is 16.1 Å². The summed E-state index contributed by atoms with van der Waals surface area (Å²) in [6, 6.07) is 10.3. The van der Waals surface area contributed by atoms with Crippen molar-refractivity contribution < 1.29 is 23.7 Å². The molecule has 0 unspecified atom stereocenters. The van der Waals surface area contributed by atoms with Gasteiger partial charge in [-0.15, -0.1) is 11.3 Å². The zero-order chi connectivity index (χ0) is 19.3. The van der Waals surface area contributed by atoms with Gasteiger partial charge in [-0.2, -0.15) is 0 Å². The number of fused-ring (bicyclic) bond motifs is 1. The smallest absolute Gasteiger partial charge is 0.255 e. The molecule has 1 N–H and O–H groups in total. The zero-order valence-corrected chi connectivity index (χ0v) is 16.0. The van der Waals surface area contributed by atoms with Gasteiger partial charge in [0, 0.05) is 22.7 Å². The van der Waals surface area contributed by atoms with Gasteiger partial charge in [0.25, 0.3) is 5.91 Å². The van der Waals surface area contributed by atoms with Crippen molar-refractivity contribution in [2.45, 2.75) is 6.61 Å². The van der Waals surface area contributed by atoms with Gasteiger partial charge < -0.3 is 24.3 Å². The number of anilines is 1. The third-order valence-corrected chi connectivity index (χ3v) is 4.72. The second-order valence-corrected chi connectivity index (χ2v) is 6.67. The van der Waals surface area contributed by atoms with Crippen molar-refractivity contribution in [2.24, 2.45) is 0 Å². The van der Waals surface area contributed by atoms with Gasteiger partial charge in [-0.25, -0.2) is 4.98 Å². The highest BCUT2D eigenvalue weighted by Crippen LogP contribution is 2.33. The average Bonchev–Trinajstić information content (AvgIpc) is 3.25. The standard InChI is InChI=1S/C20H18N2O5S/c1-24-18-8-13(2-4-16(18)27-10-15-11-28-12-21-15)20(23)22-14-3-5-17-19(9-14)26-7-6-25-17/h2-5,8-9,11-12H,6-7,10H2,1H3,(H,22,23). The minimum absolute atomic E-state index is 0.263. The fraction of sp³-hybridized carbons (Fsp3) is 0.200. The topological polar surface area (TPSA) is 78.9 Å². The molecule has 4 rings (SSSR count). The van der Waals surface area contributed by atoms with Gasteiger partial charge in [0.05, 0.1) is 18.3 Å². The van der Waals surface area contributed by atoms with Crippen molar-refractivity contribution in [1.29, 1.82) is 0 Å². The number of carbonyl (C=O) groups is 1. The first-order chi connectivity index (χ1) is 13.7. The maximum absolute atomic E-state index is 12.6. The molecule has 0 spiro atoms. The van der Waals surface area contributed by atoms with Crippen LogP contribution in [0.4, 0.5) is 5.69 Å². The molecule has 1 aromatic heterocycles. The van der Waals surface area contributed by atoms with E-state index in [9.17, 15) is 4.79 Å². The summed E-state index contributed by atoms with van der Waals surface area (Å²) in [5.41, 5.74) is 3.67. The first-order valence-corrected chi connectivity index (χ1v) is 9.56.